The minimum Gasteiger partial charge on any atom is -0.359 e. The Labute approximate surface area is 176 Å². The first-order valence-corrected chi connectivity index (χ1v) is 10.7. The summed E-state index contributed by atoms with van der Waals surface area (Å²) >= 11 is 0. The maximum absolute atomic E-state index is 5.11. The Morgan fingerprint density at radius 1 is 1.20 bits per heavy atom. The zero-order valence-electron chi connectivity index (χ0n) is 17.9. The Bertz CT molecular complexity index is 1170. The number of aromatic amines is 1. The minimum atomic E-state index is 0.168. The van der Waals surface area contributed by atoms with Crippen LogP contribution >= 0.6 is 0 Å². The van der Waals surface area contributed by atoms with Crippen LogP contribution in [0, 0.1) is 18.9 Å². The van der Waals surface area contributed by atoms with Crippen molar-refractivity contribution in [2.45, 2.75) is 46.1 Å². The van der Waals surface area contributed by atoms with Gasteiger partial charge in [-0.2, -0.15) is 10.2 Å². The Balaban J connectivity index is 1.63. The van der Waals surface area contributed by atoms with Crippen LogP contribution in [0.15, 0.2) is 42.7 Å². The van der Waals surface area contributed by atoms with Crippen molar-refractivity contribution >= 4 is 16.7 Å². The lowest BCUT2D eigenvalue weighted by molar-refractivity contribution is 0.513. The van der Waals surface area contributed by atoms with Gasteiger partial charge in [0, 0.05) is 12.6 Å². The molecule has 0 aliphatic carbocycles. The summed E-state index contributed by atoms with van der Waals surface area (Å²) in [5, 5.41) is 8.71. The van der Waals surface area contributed by atoms with Crippen LogP contribution in [0.3, 0.4) is 0 Å². The predicted molar refractivity (Wildman–Crippen MR) is 119 cm³/mol. The molecule has 1 radical (unpaired) electrons. The van der Waals surface area contributed by atoms with Crippen LogP contribution in [-0.2, 0) is 0 Å². The van der Waals surface area contributed by atoms with Gasteiger partial charge in [-0.25, -0.2) is 4.98 Å². The fourth-order valence-corrected chi connectivity index (χ4v) is 4.61. The smallest absolute Gasteiger partial charge is 0.130 e. The van der Waals surface area contributed by atoms with Crippen LogP contribution in [0.5, 0.6) is 0 Å². The molecular formula is C24H27N6. The maximum Gasteiger partial charge on any atom is 0.130 e. The van der Waals surface area contributed by atoms with Gasteiger partial charge in [0.1, 0.15) is 11.5 Å². The molecule has 1 aliphatic heterocycles. The second kappa shape index (κ2) is 7.27. The van der Waals surface area contributed by atoms with E-state index in [1.807, 2.05) is 6.07 Å². The van der Waals surface area contributed by atoms with Gasteiger partial charge >= 0.3 is 0 Å². The van der Waals surface area contributed by atoms with Gasteiger partial charge in [0.2, 0.25) is 0 Å². The number of nitrogens with zero attached hydrogens (tertiary/aromatic N) is 5. The Kier molecular flexibility index (Phi) is 4.57. The molecule has 1 fully saturated rings. The van der Waals surface area contributed by atoms with Crippen LogP contribution in [0.2, 0.25) is 0 Å². The third-order valence-corrected chi connectivity index (χ3v) is 6.14. The van der Waals surface area contributed by atoms with E-state index in [1.54, 1.807) is 17.2 Å². The first-order chi connectivity index (χ1) is 14.5. The van der Waals surface area contributed by atoms with Crippen molar-refractivity contribution in [2.24, 2.45) is 5.92 Å². The summed E-state index contributed by atoms with van der Waals surface area (Å²) in [4.78, 5) is 12.8. The van der Waals surface area contributed by atoms with Crippen molar-refractivity contribution in [3.8, 4) is 5.69 Å². The molecule has 6 nitrogen and oxygen atoms in total. The van der Waals surface area contributed by atoms with E-state index in [2.05, 4.69) is 78.1 Å². The highest BCUT2D eigenvalue weighted by molar-refractivity contribution is 5.79. The fourth-order valence-electron chi connectivity index (χ4n) is 4.61. The van der Waals surface area contributed by atoms with E-state index >= 15 is 0 Å². The van der Waals surface area contributed by atoms with Crippen LogP contribution in [0.4, 0.5) is 5.69 Å². The highest BCUT2D eigenvalue weighted by Crippen LogP contribution is 2.42. The zero-order chi connectivity index (χ0) is 20.8. The molecule has 1 N–H and O–H groups in total. The first-order valence-electron chi connectivity index (χ1n) is 10.7. The number of anilines is 1. The lowest BCUT2D eigenvalue weighted by atomic mass is 10.0. The summed E-state index contributed by atoms with van der Waals surface area (Å²) in [5.74, 6) is 1.95. The topological polar surface area (TPSA) is 62.6 Å². The van der Waals surface area contributed by atoms with Gasteiger partial charge in [0.25, 0.3) is 0 Å². The van der Waals surface area contributed by atoms with Crippen molar-refractivity contribution in [1.82, 2.24) is 25.0 Å². The average molecular weight is 400 g/mol. The van der Waals surface area contributed by atoms with Crippen molar-refractivity contribution in [2.75, 3.05) is 11.4 Å². The van der Waals surface area contributed by atoms with Gasteiger partial charge in [-0.1, -0.05) is 32.9 Å². The molecule has 153 valence electrons. The largest absolute Gasteiger partial charge is 0.359 e. The van der Waals surface area contributed by atoms with Gasteiger partial charge in [0.15, 0.2) is 0 Å². The number of benzene rings is 2. The zero-order valence-corrected chi connectivity index (χ0v) is 17.9. The third-order valence-electron chi connectivity index (χ3n) is 6.14. The SMILES string of the molecule is Cc1c[c]c(-n2nccn2)c(N2CC[C@H](C)[C@H]2c2nc3c(C(C)C)cccc3[nH]2)c1. The predicted octanol–water partition coefficient (Wildman–Crippen LogP) is 4.96. The summed E-state index contributed by atoms with van der Waals surface area (Å²) in [6.07, 6.45) is 4.52. The normalized spacial score (nSPS) is 19.3. The highest BCUT2D eigenvalue weighted by atomic mass is 15.5. The van der Waals surface area contributed by atoms with Gasteiger partial charge in [-0.05, 0) is 54.5 Å². The third kappa shape index (κ3) is 3.07. The van der Waals surface area contributed by atoms with E-state index < -0.39 is 0 Å². The summed E-state index contributed by atoms with van der Waals surface area (Å²) < 4.78 is 0. The van der Waals surface area contributed by atoms with Gasteiger partial charge < -0.3 is 9.88 Å². The molecule has 0 bridgehead atoms. The monoisotopic (exact) mass is 399 g/mol. The van der Waals surface area contributed by atoms with E-state index in [4.69, 9.17) is 4.98 Å². The van der Waals surface area contributed by atoms with Crippen molar-refractivity contribution in [3.63, 3.8) is 0 Å². The molecule has 5 rings (SSSR count). The summed E-state index contributed by atoms with van der Waals surface area (Å²) in [6.45, 7) is 9.82. The van der Waals surface area contributed by atoms with Gasteiger partial charge in [-0.15, -0.1) is 4.80 Å². The fraction of sp³-hybridized carbons (Fsp3) is 0.375. The number of hydrogen-bond donors (Lipinski definition) is 1. The van der Waals surface area contributed by atoms with Crippen molar-refractivity contribution in [1.29, 1.82) is 0 Å². The molecule has 3 heterocycles. The maximum atomic E-state index is 5.11. The van der Waals surface area contributed by atoms with Crippen LogP contribution in [-0.4, -0.2) is 31.5 Å². The second-order valence-corrected chi connectivity index (χ2v) is 8.65. The number of para-hydroxylation sites is 1. The number of imidazole rings is 1. The Morgan fingerprint density at radius 2 is 2.00 bits per heavy atom. The number of aryl methyl sites for hydroxylation is 1. The first kappa shape index (κ1) is 18.9. The van der Waals surface area contributed by atoms with Crippen molar-refractivity contribution < 1.29 is 0 Å². The standard InChI is InChI=1S/C24H27N6/c1-15(2)18-6-5-7-19-22(18)28-24(27-19)23-17(4)10-13-29(23)21-14-16(3)8-9-20(21)30-25-11-12-26-30/h5-8,11-12,14-15,17,23H,10,13H2,1-4H3,(H,27,28)/t17-,23-/m0/s1. The van der Waals surface area contributed by atoms with E-state index in [0.717, 1.165) is 41.2 Å². The summed E-state index contributed by atoms with van der Waals surface area (Å²) in [7, 11) is 0. The second-order valence-electron chi connectivity index (χ2n) is 8.65. The van der Waals surface area contributed by atoms with Crippen molar-refractivity contribution in [3.05, 3.63) is 65.7 Å². The quantitative estimate of drug-likeness (QED) is 0.527. The molecule has 0 unspecified atom stereocenters. The lowest BCUT2D eigenvalue weighted by Gasteiger charge is -2.29. The number of aromatic nitrogens is 5. The van der Waals surface area contributed by atoms with E-state index in [-0.39, 0.29) is 6.04 Å². The molecule has 2 atom stereocenters. The number of fused-ring (bicyclic) bond motifs is 1. The van der Waals surface area contributed by atoms with E-state index in [0.29, 0.717) is 11.8 Å². The Morgan fingerprint density at radius 3 is 2.77 bits per heavy atom. The molecule has 2 aromatic heterocycles. The molecular weight excluding hydrogens is 372 g/mol. The number of hydrogen-bond acceptors (Lipinski definition) is 4. The minimum absolute atomic E-state index is 0.168. The molecule has 0 spiro atoms. The summed E-state index contributed by atoms with van der Waals surface area (Å²) in [5.41, 5.74) is 6.64. The molecule has 2 aromatic carbocycles. The molecule has 30 heavy (non-hydrogen) atoms. The number of rotatable bonds is 4. The molecule has 4 aromatic rings. The molecule has 1 aliphatic rings. The highest BCUT2D eigenvalue weighted by Gasteiger charge is 2.36. The Hall–Kier alpha value is -3.15. The van der Waals surface area contributed by atoms with Crippen LogP contribution in [0.1, 0.15) is 56.1 Å². The van der Waals surface area contributed by atoms with Gasteiger partial charge in [-0.3, -0.25) is 0 Å². The lowest BCUT2D eigenvalue weighted by Crippen LogP contribution is -2.27. The summed E-state index contributed by atoms with van der Waals surface area (Å²) in [6, 6.07) is 14.2. The van der Waals surface area contributed by atoms with Crippen LogP contribution in [0.25, 0.3) is 16.7 Å². The van der Waals surface area contributed by atoms with E-state index in [1.165, 1.54) is 11.1 Å². The molecule has 1 saturated heterocycles. The van der Waals surface area contributed by atoms with Crippen LogP contribution < -0.4 is 4.90 Å². The molecule has 6 heteroatoms. The number of nitrogens with one attached hydrogen (secondary N) is 1. The molecule has 0 saturated carbocycles. The molecule has 0 amide bonds. The van der Waals surface area contributed by atoms with E-state index in [9.17, 15) is 0 Å². The van der Waals surface area contributed by atoms with Gasteiger partial charge in [0.05, 0.1) is 35.2 Å². The average Bonchev–Trinajstić information content (AvgIpc) is 3.46. The number of H-pyrrole nitrogens is 1.